The van der Waals surface area contributed by atoms with Gasteiger partial charge in [-0.15, -0.1) is 0 Å². The first-order chi connectivity index (χ1) is 7.19. The number of rotatable bonds is 4. The summed E-state index contributed by atoms with van der Waals surface area (Å²) in [7, 11) is 0. The van der Waals surface area contributed by atoms with Crippen LogP contribution in [0.4, 0.5) is 0 Å². The van der Waals surface area contributed by atoms with Crippen LogP contribution in [0.1, 0.15) is 29.0 Å². The highest BCUT2D eigenvalue weighted by molar-refractivity contribution is 5.85. The number of pyridine rings is 1. The van der Waals surface area contributed by atoms with Gasteiger partial charge in [-0.05, 0) is 12.8 Å². The van der Waals surface area contributed by atoms with Gasteiger partial charge in [0.2, 0.25) is 0 Å². The lowest BCUT2D eigenvalue weighted by Crippen LogP contribution is -2.08. The molecule has 1 aliphatic rings. The number of carbonyl (C=O) groups is 1. The zero-order valence-electron chi connectivity index (χ0n) is 8.14. The standard InChI is InChI=1S/C10H12N2O3/c11-5-6-3-8(15-7-1-2-7)4-9(12-6)10(13)14/h3-4,7H,1-2,5,11H2,(H,13,14). The van der Waals surface area contributed by atoms with Gasteiger partial charge in [-0.1, -0.05) is 0 Å². The summed E-state index contributed by atoms with van der Waals surface area (Å²) < 4.78 is 5.50. The molecular weight excluding hydrogens is 196 g/mol. The first kappa shape index (κ1) is 9.92. The molecule has 5 nitrogen and oxygen atoms in total. The van der Waals surface area contributed by atoms with Crippen LogP contribution in [0.5, 0.6) is 5.75 Å². The quantitative estimate of drug-likeness (QED) is 0.763. The van der Waals surface area contributed by atoms with E-state index < -0.39 is 5.97 Å². The molecule has 15 heavy (non-hydrogen) atoms. The highest BCUT2D eigenvalue weighted by Gasteiger charge is 2.24. The molecule has 1 heterocycles. The maximum Gasteiger partial charge on any atom is 0.354 e. The van der Waals surface area contributed by atoms with Crippen LogP contribution >= 0.6 is 0 Å². The van der Waals surface area contributed by atoms with Crippen molar-refractivity contribution in [1.29, 1.82) is 0 Å². The van der Waals surface area contributed by atoms with Crippen molar-refractivity contribution >= 4 is 5.97 Å². The number of nitrogens with zero attached hydrogens (tertiary/aromatic N) is 1. The van der Waals surface area contributed by atoms with Gasteiger partial charge in [0.25, 0.3) is 0 Å². The predicted octanol–water partition coefficient (Wildman–Crippen LogP) is 0.780. The van der Waals surface area contributed by atoms with Crippen LogP contribution in [-0.4, -0.2) is 22.2 Å². The summed E-state index contributed by atoms with van der Waals surface area (Å²) >= 11 is 0. The summed E-state index contributed by atoms with van der Waals surface area (Å²) in [6.07, 6.45) is 2.30. The largest absolute Gasteiger partial charge is 0.490 e. The Morgan fingerprint density at radius 1 is 1.60 bits per heavy atom. The normalized spacial score (nSPS) is 15.0. The lowest BCUT2D eigenvalue weighted by molar-refractivity contribution is 0.0689. The van der Waals surface area contributed by atoms with Crippen LogP contribution in [0.2, 0.25) is 0 Å². The number of carboxylic acids is 1. The van der Waals surface area contributed by atoms with Crippen molar-refractivity contribution in [2.45, 2.75) is 25.5 Å². The summed E-state index contributed by atoms with van der Waals surface area (Å²) in [5.41, 5.74) is 5.94. The molecule has 1 aromatic rings. The molecule has 0 saturated heterocycles. The third kappa shape index (κ3) is 2.44. The molecular formula is C10H12N2O3. The van der Waals surface area contributed by atoms with Crippen LogP contribution < -0.4 is 10.5 Å². The van der Waals surface area contributed by atoms with E-state index in [1.165, 1.54) is 6.07 Å². The maximum absolute atomic E-state index is 10.8. The minimum absolute atomic E-state index is 0.0198. The van der Waals surface area contributed by atoms with Crippen LogP contribution in [0.15, 0.2) is 12.1 Å². The molecule has 1 aromatic heterocycles. The smallest absolute Gasteiger partial charge is 0.354 e. The lowest BCUT2D eigenvalue weighted by atomic mass is 10.3. The SMILES string of the molecule is NCc1cc(OC2CC2)cc(C(=O)O)n1. The van der Waals surface area contributed by atoms with E-state index in [0.717, 1.165) is 12.8 Å². The fourth-order valence-electron chi connectivity index (χ4n) is 1.22. The molecule has 0 bridgehead atoms. The van der Waals surface area contributed by atoms with Gasteiger partial charge in [0.15, 0.2) is 5.69 Å². The highest BCUT2D eigenvalue weighted by Crippen LogP contribution is 2.27. The Morgan fingerprint density at radius 2 is 2.33 bits per heavy atom. The van der Waals surface area contributed by atoms with E-state index in [1.807, 2.05) is 0 Å². The summed E-state index contributed by atoms with van der Waals surface area (Å²) in [5.74, 6) is -0.517. The Bertz CT molecular complexity index is 388. The summed E-state index contributed by atoms with van der Waals surface area (Å²) in [4.78, 5) is 14.6. The average Bonchev–Trinajstić information content (AvgIpc) is 3.01. The van der Waals surface area contributed by atoms with Crippen molar-refractivity contribution in [3.63, 3.8) is 0 Å². The molecule has 0 spiro atoms. The van der Waals surface area contributed by atoms with Gasteiger partial charge in [-0.3, -0.25) is 0 Å². The van der Waals surface area contributed by atoms with Gasteiger partial charge in [0.1, 0.15) is 5.75 Å². The van der Waals surface area contributed by atoms with E-state index in [-0.39, 0.29) is 18.3 Å². The molecule has 1 aliphatic carbocycles. The first-order valence-electron chi connectivity index (χ1n) is 4.80. The van der Waals surface area contributed by atoms with Gasteiger partial charge in [0, 0.05) is 18.7 Å². The fraction of sp³-hybridized carbons (Fsp3) is 0.400. The zero-order valence-corrected chi connectivity index (χ0v) is 8.14. The molecule has 5 heteroatoms. The molecule has 1 fully saturated rings. The Labute approximate surface area is 86.9 Å². The first-order valence-corrected chi connectivity index (χ1v) is 4.80. The van der Waals surface area contributed by atoms with E-state index >= 15 is 0 Å². The minimum Gasteiger partial charge on any atom is -0.490 e. The van der Waals surface area contributed by atoms with Crippen LogP contribution in [-0.2, 0) is 6.54 Å². The zero-order chi connectivity index (χ0) is 10.8. The topological polar surface area (TPSA) is 85.4 Å². The van der Waals surface area contributed by atoms with Crippen molar-refractivity contribution < 1.29 is 14.6 Å². The molecule has 1 saturated carbocycles. The van der Waals surface area contributed by atoms with Crippen molar-refractivity contribution in [2.24, 2.45) is 5.73 Å². The van der Waals surface area contributed by atoms with Gasteiger partial charge in [-0.2, -0.15) is 0 Å². The monoisotopic (exact) mass is 208 g/mol. The van der Waals surface area contributed by atoms with Crippen LogP contribution in [0.3, 0.4) is 0 Å². The van der Waals surface area contributed by atoms with Crippen molar-refractivity contribution in [3.8, 4) is 5.75 Å². The number of hydrogen-bond acceptors (Lipinski definition) is 4. The number of aromatic nitrogens is 1. The third-order valence-electron chi connectivity index (χ3n) is 2.11. The third-order valence-corrected chi connectivity index (χ3v) is 2.11. The molecule has 0 aliphatic heterocycles. The molecule has 0 amide bonds. The molecule has 80 valence electrons. The van der Waals surface area contributed by atoms with E-state index in [2.05, 4.69) is 4.98 Å². The summed E-state index contributed by atoms with van der Waals surface area (Å²) in [5, 5.41) is 8.82. The second-order valence-electron chi connectivity index (χ2n) is 3.51. The molecule has 3 N–H and O–H groups in total. The van der Waals surface area contributed by atoms with Gasteiger partial charge in [0.05, 0.1) is 11.8 Å². The average molecular weight is 208 g/mol. The van der Waals surface area contributed by atoms with Gasteiger partial charge < -0.3 is 15.6 Å². The fourth-order valence-corrected chi connectivity index (χ4v) is 1.22. The van der Waals surface area contributed by atoms with E-state index in [4.69, 9.17) is 15.6 Å². The van der Waals surface area contributed by atoms with E-state index in [0.29, 0.717) is 11.4 Å². The summed E-state index contributed by atoms with van der Waals surface area (Å²) in [6, 6.07) is 3.12. The molecule has 0 radical (unpaired) electrons. The predicted molar refractivity (Wildman–Crippen MR) is 52.7 cm³/mol. The number of nitrogens with two attached hydrogens (primary N) is 1. The minimum atomic E-state index is -1.06. The number of hydrogen-bond donors (Lipinski definition) is 2. The Hall–Kier alpha value is -1.62. The van der Waals surface area contributed by atoms with Gasteiger partial charge >= 0.3 is 5.97 Å². The van der Waals surface area contributed by atoms with E-state index in [1.54, 1.807) is 6.07 Å². The Morgan fingerprint density at radius 3 is 2.87 bits per heavy atom. The highest BCUT2D eigenvalue weighted by atomic mass is 16.5. The number of carboxylic acid groups (broad SMARTS) is 1. The second-order valence-corrected chi connectivity index (χ2v) is 3.51. The molecule has 0 atom stereocenters. The lowest BCUT2D eigenvalue weighted by Gasteiger charge is -2.06. The maximum atomic E-state index is 10.8. The second kappa shape index (κ2) is 3.86. The van der Waals surface area contributed by atoms with Crippen molar-refractivity contribution in [1.82, 2.24) is 4.98 Å². The van der Waals surface area contributed by atoms with E-state index in [9.17, 15) is 4.79 Å². The molecule has 0 aromatic carbocycles. The Kier molecular flexibility index (Phi) is 2.55. The van der Waals surface area contributed by atoms with Crippen molar-refractivity contribution in [2.75, 3.05) is 0 Å². The molecule has 2 rings (SSSR count). The van der Waals surface area contributed by atoms with Gasteiger partial charge in [-0.25, -0.2) is 9.78 Å². The Balaban J connectivity index is 2.27. The summed E-state index contributed by atoms with van der Waals surface area (Å²) in [6.45, 7) is 0.210. The molecule has 0 unspecified atom stereocenters. The number of aromatic carboxylic acids is 1. The van der Waals surface area contributed by atoms with Crippen LogP contribution in [0.25, 0.3) is 0 Å². The van der Waals surface area contributed by atoms with Crippen LogP contribution in [0, 0.1) is 0 Å². The number of ether oxygens (including phenoxy) is 1. The van der Waals surface area contributed by atoms with Crippen molar-refractivity contribution in [3.05, 3.63) is 23.5 Å².